The standard InChI is InChI=1S/C12H14O2/c13-10-7-4-8-12(11(10)14-12)9-5-2-1-3-6-9/h1-3,5-6,10-11,13H,4,7-8H2/t10-,11-,12-/m0/s1. The van der Waals surface area contributed by atoms with Crippen molar-refractivity contribution >= 4 is 0 Å². The van der Waals surface area contributed by atoms with Crippen LogP contribution in [0.25, 0.3) is 0 Å². The number of ether oxygens (including phenoxy) is 1. The van der Waals surface area contributed by atoms with Crippen molar-refractivity contribution in [3.05, 3.63) is 35.9 Å². The van der Waals surface area contributed by atoms with Gasteiger partial charge < -0.3 is 9.84 Å². The lowest BCUT2D eigenvalue weighted by atomic mass is 9.82. The van der Waals surface area contributed by atoms with Gasteiger partial charge in [-0.1, -0.05) is 30.3 Å². The molecule has 2 fully saturated rings. The van der Waals surface area contributed by atoms with E-state index in [-0.39, 0.29) is 17.8 Å². The molecule has 3 rings (SSSR count). The number of benzene rings is 1. The highest BCUT2D eigenvalue weighted by Gasteiger charge is 2.62. The average molecular weight is 190 g/mol. The summed E-state index contributed by atoms with van der Waals surface area (Å²) >= 11 is 0. The predicted molar refractivity (Wildman–Crippen MR) is 52.9 cm³/mol. The number of epoxide rings is 1. The van der Waals surface area contributed by atoms with Gasteiger partial charge >= 0.3 is 0 Å². The average Bonchev–Trinajstić information content (AvgIpc) is 2.97. The first-order valence-corrected chi connectivity index (χ1v) is 5.24. The zero-order valence-corrected chi connectivity index (χ0v) is 8.02. The van der Waals surface area contributed by atoms with E-state index in [0.29, 0.717) is 0 Å². The van der Waals surface area contributed by atoms with Crippen molar-refractivity contribution in [3.8, 4) is 0 Å². The Labute approximate surface area is 83.5 Å². The molecule has 2 aliphatic rings. The van der Waals surface area contributed by atoms with E-state index in [1.807, 2.05) is 18.2 Å². The Morgan fingerprint density at radius 2 is 2.07 bits per heavy atom. The second kappa shape index (κ2) is 2.81. The van der Waals surface area contributed by atoms with Gasteiger partial charge in [0.25, 0.3) is 0 Å². The third kappa shape index (κ3) is 1.04. The molecule has 74 valence electrons. The van der Waals surface area contributed by atoms with Gasteiger partial charge in [0.1, 0.15) is 11.7 Å². The van der Waals surface area contributed by atoms with Crippen LogP contribution >= 0.6 is 0 Å². The van der Waals surface area contributed by atoms with Gasteiger partial charge in [0, 0.05) is 0 Å². The maximum Gasteiger partial charge on any atom is 0.122 e. The number of aliphatic hydroxyl groups is 1. The van der Waals surface area contributed by atoms with Crippen LogP contribution in [0.4, 0.5) is 0 Å². The summed E-state index contributed by atoms with van der Waals surface area (Å²) < 4.78 is 5.71. The molecule has 1 aliphatic carbocycles. The summed E-state index contributed by atoms with van der Waals surface area (Å²) in [7, 11) is 0. The van der Waals surface area contributed by atoms with Crippen LogP contribution in [0.2, 0.25) is 0 Å². The quantitative estimate of drug-likeness (QED) is 0.685. The lowest BCUT2D eigenvalue weighted by Crippen LogP contribution is -2.28. The monoisotopic (exact) mass is 190 g/mol. The minimum atomic E-state index is -0.260. The first kappa shape index (κ1) is 8.45. The van der Waals surface area contributed by atoms with Crippen LogP contribution in [-0.2, 0) is 10.3 Å². The highest BCUT2D eigenvalue weighted by molar-refractivity contribution is 5.31. The van der Waals surface area contributed by atoms with Crippen LogP contribution in [0.5, 0.6) is 0 Å². The van der Waals surface area contributed by atoms with Gasteiger partial charge in [0.05, 0.1) is 6.10 Å². The van der Waals surface area contributed by atoms with E-state index in [4.69, 9.17) is 4.74 Å². The Bertz CT molecular complexity index is 335. The summed E-state index contributed by atoms with van der Waals surface area (Å²) in [5.74, 6) is 0. The molecule has 0 aromatic heterocycles. The Kier molecular flexibility index (Phi) is 1.70. The van der Waals surface area contributed by atoms with Crippen LogP contribution in [0.15, 0.2) is 30.3 Å². The molecule has 1 aromatic carbocycles. The molecule has 3 atom stereocenters. The van der Waals surface area contributed by atoms with Crippen molar-refractivity contribution in [3.63, 3.8) is 0 Å². The summed E-state index contributed by atoms with van der Waals surface area (Å²) in [6.07, 6.45) is 2.80. The molecule has 0 radical (unpaired) electrons. The van der Waals surface area contributed by atoms with Gasteiger partial charge in [0.15, 0.2) is 0 Å². The fourth-order valence-electron chi connectivity index (χ4n) is 2.61. The van der Waals surface area contributed by atoms with Gasteiger partial charge in [-0.05, 0) is 24.8 Å². The molecule has 1 N–H and O–H groups in total. The predicted octanol–water partition coefficient (Wildman–Crippen LogP) is 1.83. The minimum Gasteiger partial charge on any atom is -0.390 e. The fourth-order valence-corrected chi connectivity index (χ4v) is 2.61. The molecule has 0 bridgehead atoms. The molecule has 1 heterocycles. The van der Waals surface area contributed by atoms with Crippen molar-refractivity contribution < 1.29 is 9.84 Å². The van der Waals surface area contributed by atoms with Crippen LogP contribution in [-0.4, -0.2) is 17.3 Å². The van der Waals surface area contributed by atoms with Crippen molar-refractivity contribution in [2.24, 2.45) is 0 Å². The summed E-state index contributed by atoms with van der Waals surface area (Å²) in [6.45, 7) is 0. The molecule has 1 aromatic rings. The SMILES string of the molecule is O[C@H]1CCC[C@@]2(c3ccccc3)O[C@@H]12. The zero-order valence-electron chi connectivity index (χ0n) is 8.02. The van der Waals surface area contributed by atoms with E-state index in [1.165, 1.54) is 5.56 Å². The number of hydrogen-bond acceptors (Lipinski definition) is 2. The van der Waals surface area contributed by atoms with Crippen LogP contribution in [0.1, 0.15) is 24.8 Å². The molecular weight excluding hydrogens is 176 g/mol. The topological polar surface area (TPSA) is 32.8 Å². The van der Waals surface area contributed by atoms with Gasteiger partial charge in [-0.3, -0.25) is 0 Å². The van der Waals surface area contributed by atoms with Crippen molar-refractivity contribution in [1.29, 1.82) is 0 Å². The van der Waals surface area contributed by atoms with Crippen molar-refractivity contribution in [2.45, 2.75) is 37.1 Å². The molecular formula is C12H14O2. The first-order valence-electron chi connectivity index (χ1n) is 5.24. The van der Waals surface area contributed by atoms with Crippen LogP contribution in [0, 0.1) is 0 Å². The van der Waals surface area contributed by atoms with Gasteiger partial charge in [-0.25, -0.2) is 0 Å². The summed E-state index contributed by atoms with van der Waals surface area (Å²) in [5, 5.41) is 9.72. The van der Waals surface area contributed by atoms with E-state index in [1.54, 1.807) is 0 Å². The van der Waals surface area contributed by atoms with Crippen molar-refractivity contribution in [1.82, 2.24) is 0 Å². The Balaban J connectivity index is 1.93. The van der Waals surface area contributed by atoms with Crippen molar-refractivity contribution in [2.75, 3.05) is 0 Å². The Morgan fingerprint density at radius 3 is 2.86 bits per heavy atom. The number of aliphatic hydroxyl groups excluding tert-OH is 1. The van der Waals surface area contributed by atoms with E-state index >= 15 is 0 Å². The van der Waals surface area contributed by atoms with E-state index in [9.17, 15) is 5.11 Å². The molecule has 0 amide bonds. The highest BCUT2D eigenvalue weighted by Crippen LogP contribution is 2.55. The van der Waals surface area contributed by atoms with Crippen LogP contribution in [0.3, 0.4) is 0 Å². The molecule has 0 unspecified atom stereocenters. The fraction of sp³-hybridized carbons (Fsp3) is 0.500. The smallest absolute Gasteiger partial charge is 0.122 e. The van der Waals surface area contributed by atoms with E-state index < -0.39 is 0 Å². The number of hydrogen-bond donors (Lipinski definition) is 1. The molecule has 14 heavy (non-hydrogen) atoms. The maximum absolute atomic E-state index is 9.72. The third-order valence-corrected chi connectivity index (χ3v) is 3.40. The summed E-state index contributed by atoms with van der Waals surface area (Å²) in [4.78, 5) is 0. The molecule has 2 nitrogen and oxygen atoms in total. The normalized spacial score (nSPS) is 40.4. The summed E-state index contributed by atoms with van der Waals surface area (Å²) in [6, 6.07) is 10.3. The lowest BCUT2D eigenvalue weighted by molar-refractivity contribution is 0.122. The highest BCUT2D eigenvalue weighted by atomic mass is 16.6. The molecule has 1 saturated carbocycles. The molecule has 1 saturated heterocycles. The minimum absolute atomic E-state index is 0.0543. The summed E-state index contributed by atoms with van der Waals surface area (Å²) in [5.41, 5.74) is 1.09. The number of fused-ring (bicyclic) bond motifs is 1. The molecule has 2 heteroatoms. The van der Waals surface area contributed by atoms with Crippen LogP contribution < -0.4 is 0 Å². The van der Waals surface area contributed by atoms with Gasteiger partial charge in [0.2, 0.25) is 0 Å². The van der Waals surface area contributed by atoms with Gasteiger partial charge in [-0.15, -0.1) is 0 Å². The number of rotatable bonds is 1. The van der Waals surface area contributed by atoms with E-state index in [0.717, 1.165) is 19.3 Å². The molecule has 0 spiro atoms. The second-order valence-electron chi connectivity index (χ2n) is 4.25. The maximum atomic E-state index is 9.72. The van der Waals surface area contributed by atoms with Gasteiger partial charge in [-0.2, -0.15) is 0 Å². The largest absolute Gasteiger partial charge is 0.390 e. The second-order valence-corrected chi connectivity index (χ2v) is 4.25. The third-order valence-electron chi connectivity index (χ3n) is 3.40. The first-order chi connectivity index (χ1) is 6.83. The zero-order chi connectivity index (χ0) is 9.60. The Morgan fingerprint density at radius 1 is 1.29 bits per heavy atom. The van der Waals surface area contributed by atoms with E-state index in [2.05, 4.69) is 12.1 Å². The molecule has 1 aliphatic heterocycles. The lowest BCUT2D eigenvalue weighted by Gasteiger charge is -2.20. The Hall–Kier alpha value is -0.860.